The number of nitrogens with zero attached hydrogens (tertiary/aromatic N) is 4. The van der Waals surface area contributed by atoms with Crippen LogP contribution in [0.3, 0.4) is 0 Å². The van der Waals surface area contributed by atoms with Crippen molar-refractivity contribution >= 4 is 11.7 Å². The van der Waals surface area contributed by atoms with Gasteiger partial charge in [-0.2, -0.15) is 5.10 Å². The van der Waals surface area contributed by atoms with Crippen molar-refractivity contribution < 1.29 is 0 Å². The van der Waals surface area contributed by atoms with Crippen molar-refractivity contribution in [2.24, 2.45) is 12.8 Å². The summed E-state index contributed by atoms with van der Waals surface area (Å²) in [4.78, 5) is 6.47. The molecule has 6 nitrogen and oxygen atoms in total. The fourth-order valence-electron chi connectivity index (χ4n) is 2.35. The van der Waals surface area contributed by atoms with Crippen molar-refractivity contribution in [3.05, 3.63) is 41.3 Å². The molecule has 2 rings (SSSR count). The molecule has 0 saturated carbocycles. The minimum atomic E-state index is 0.0464. The molecule has 0 unspecified atom stereocenters. The molecule has 0 bridgehead atoms. The highest BCUT2D eigenvalue weighted by Gasteiger charge is 2.20. The lowest BCUT2D eigenvalue weighted by Crippen LogP contribution is -2.28. The molecule has 0 aliphatic carbocycles. The molecule has 0 aromatic carbocycles. The first-order valence-electron chi connectivity index (χ1n) is 6.57. The molecule has 106 valence electrons. The van der Waals surface area contributed by atoms with Crippen molar-refractivity contribution in [3.8, 4) is 0 Å². The first-order chi connectivity index (χ1) is 9.54. The van der Waals surface area contributed by atoms with Crippen LogP contribution in [0.1, 0.15) is 23.9 Å². The second kappa shape index (κ2) is 5.73. The van der Waals surface area contributed by atoms with Crippen molar-refractivity contribution in [2.45, 2.75) is 20.4 Å². The summed E-state index contributed by atoms with van der Waals surface area (Å²) in [5.41, 5.74) is 8.15. The third-order valence-corrected chi connectivity index (χ3v) is 3.22. The van der Waals surface area contributed by atoms with E-state index in [1.54, 1.807) is 10.9 Å². The van der Waals surface area contributed by atoms with Crippen LogP contribution in [0.25, 0.3) is 0 Å². The molecule has 20 heavy (non-hydrogen) atoms. The van der Waals surface area contributed by atoms with Crippen molar-refractivity contribution in [3.63, 3.8) is 0 Å². The smallest absolute Gasteiger partial charge is 0.138 e. The summed E-state index contributed by atoms with van der Waals surface area (Å²) in [5.74, 6) is 0.910. The van der Waals surface area contributed by atoms with Gasteiger partial charge in [0.25, 0.3) is 0 Å². The number of aryl methyl sites for hydroxylation is 2. The van der Waals surface area contributed by atoms with Gasteiger partial charge < -0.3 is 10.6 Å². The van der Waals surface area contributed by atoms with Gasteiger partial charge in [0, 0.05) is 19.8 Å². The van der Waals surface area contributed by atoms with Crippen LogP contribution in [0, 0.1) is 12.3 Å². The fraction of sp³-hybridized carbons (Fsp3) is 0.357. The summed E-state index contributed by atoms with van der Waals surface area (Å²) in [6.45, 7) is 5.39. The molecule has 0 aliphatic rings. The van der Waals surface area contributed by atoms with E-state index in [4.69, 9.17) is 11.1 Å². The lowest BCUT2D eigenvalue weighted by molar-refractivity contribution is 0.700. The molecule has 2 heterocycles. The van der Waals surface area contributed by atoms with E-state index in [-0.39, 0.29) is 5.84 Å². The summed E-state index contributed by atoms with van der Waals surface area (Å²) < 4.78 is 1.78. The Labute approximate surface area is 118 Å². The number of pyridine rings is 1. The lowest BCUT2D eigenvalue weighted by Gasteiger charge is -2.23. The Kier molecular flexibility index (Phi) is 4.02. The summed E-state index contributed by atoms with van der Waals surface area (Å²) in [5, 5.41) is 12.1. The zero-order valence-corrected chi connectivity index (χ0v) is 12.1. The van der Waals surface area contributed by atoms with E-state index in [2.05, 4.69) is 21.9 Å². The van der Waals surface area contributed by atoms with Gasteiger partial charge in [0.05, 0.1) is 23.5 Å². The summed E-state index contributed by atoms with van der Waals surface area (Å²) >= 11 is 0. The average Bonchev–Trinajstić information content (AvgIpc) is 2.72. The number of anilines is 1. The number of rotatable bonds is 5. The number of hydrogen-bond donors (Lipinski definition) is 2. The van der Waals surface area contributed by atoms with Gasteiger partial charge in [-0.3, -0.25) is 15.1 Å². The maximum atomic E-state index is 7.76. The molecule has 0 saturated heterocycles. The van der Waals surface area contributed by atoms with Crippen LogP contribution < -0.4 is 10.6 Å². The molecule has 0 amide bonds. The second-order valence-electron chi connectivity index (χ2n) is 4.66. The number of nitrogen functional groups attached to an aromatic ring is 1. The van der Waals surface area contributed by atoms with E-state index in [1.165, 1.54) is 0 Å². The average molecular weight is 272 g/mol. The molecule has 0 aliphatic heterocycles. The van der Waals surface area contributed by atoms with Crippen LogP contribution in [0.15, 0.2) is 24.4 Å². The maximum absolute atomic E-state index is 7.76. The Morgan fingerprint density at radius 1 is 1.45 bits per heavy atom. The van der Waals surface area contributed by atoms with E-state index in [1.807, 2.05) is 32.2 Å². The highest BCUT2D eigenvalue weighted by molar-refractivity contribution is 6.00. The predicted octanol–water partition coefficient (Wildman–Crippen LogP) is 1.43. The molecule has 0 fully saturated rings. The van der Waals surface area contributed by atoms with Gasteiger partial charge in [-0.1, -0.05) is 6.07 Å². The van der Waals surface area contributed by atoms with Crippen LogP contribution in [0.2, 0.25) is 0 Å². The SMILES string of the molecule is CCN(Cc1ccccn1)c1c(C(=N)N)c(C)nn1C. The van der Waals surface area contributed by atoms with Crippen LogP contribution in [0.5, 0.6) is 0 Å². The predicted molar refractivity (Wildman–Crippen MR) is 79.9 cm³/mol. The van der Waals surface area contributed by atoms with Gasteiger partial charge in [0.2, 0.25) is 0 Å². The van der Waals surface area contributed by atoms with Crippen molar-refractivity contribution in [1.82, 2.24) is 14.8 Å². The Hall–Kier alpha value is -2.37. The van der Waals surface area contributed by atoms with Gasteiger partial charge in [0.1, 0.15) is 11.7 Å². The van der Waals surface area contributed by atoms with E-state index >= 15 is 0 Å². The Balaban J connectivity index is 2.40. The minimum Gasteiger partial charge on any atom is -0.384 e. The van der Waals surface area contributed by atoms with Gasteiger partial charge in [-0.15, -0.1) is 0 Å². The largest absolute Gasteiger partial charge is 0.384 e. The van der Waals surface area contributed by atoms with Crippen molar-refractivity contribution in [1.29, 1.82) is 5.41 Å². The van der Waals surface area contributed by atoms with Crippen molar-refractivity contribution in [2.75, 3.05) is 11.4 Å². The van der Waals surface area contributed by atoms with Gasteiger partial charge in [-0.05, 0) is 26.0 Å². The van der Waals surface area contributed by atoms with Crippen LogP contribution >= 0.6 is 0 Å². The van der Waals surface area contributed by atoms with E-state index in [0.717, 1.165) is 23.8 Å². The van der Waals surface area contributed by atoms with Crippen LogP contribution in [-0.4, -0.2) is 27.1 Å². The second-order valence-corrected chi connectivity index (χ2v) is 4.66. The number of nitrogens with one attached hydrogen (secondary N) is 1. The molecule has 0 spiro atoms. The zero-order chi connectivity index (χ0) is 14.7. The van der Waals surface area contributed by atoms with Gasteiger partial charge in [-0.25, -0.2) is 0 Å². The Bertz CT molecular complexity index is 602. The third kappa shape index (κ3) is 2.64. The molecular weight excluding hydrogens is 252 g/mol. The molecule has 0 atom stereocenters. The number of hydrogen-bond acceptors (Lipinski definition) is 4. The van der Waals surface area contributed by atoms with E-state index < -0.39 is 0 Å². The summed E-state index contributed by atoms with van der Waals surface area (Å²) in [7, 11) is 1.87. The first kappa shape index (κ1) is 14.0. The summed E-state index contributed by atoms with van der Waals surface area (Å²) in [6.07, 6.45) is 1.78. The van der Waals surface area contributed by atoms with E-state index in [0.29, 0.717) is 12.1 Å². The standard InChI is InChI=1S/C14H20N6/c1-4-20(9-11-7-5-6-8-17-11)14-12(13(15)16)10(2)18-19(14)3/h5-8H,4,9H2,1-3H3,(H3,15,16). The quantitative estimate of drug-likeness (QED) is 0.637. The fourth-order valence-corrected chi connectivity index (χ4v) is 2.35. The summed E-state index contributed by atoms with van der Waals surface area (Å²) in [6, 6.07) is 5.85. The minimum absolute atomic E-state index is 0.0464. The topological polar surface area (TPSA) is 83.8 Å². The number of aromatic nitrogens is 3. The van der Waals surface area contributed by atoms with Gasteiger partial charge in [0.15, 0.2) is 0 Å². The molecule has 6 heteroatoms. The maximum Gasteiger partial charge on any atom is 0.138 e. The lowest BCUT2D eigenvalue weighted by atomic mass is 10.2. The first-order valence-corrected chi connectivity index (χ1v) is 6.57. The molecule has 3 N–H and O–H groups in total. The number of nitrogens with two attached hydrogens (primary N) is 1. The van der Waals surface area contributed by atoms with Gasteiger partial charge >= 0.3 is 0 Å². The third-order valence-electron chi connectivity index (χ3n) is 3.22. The molecule has 2 aromatic heterocycles. The van der Waals surface area contributed by atoms with Crippen LogP contribution in [-0.2, 0) is 13.6 Å². The van der Waals surface area contributed by atoms with Crippen LogP contribution in [0.4, 0.5) is 5.82 Å². The Morgan fingerprint density at radius 2 is 2.20 bits per heavy atom. The normalized spacial score (nSPS) is 10.6. The highest BCUT2D eigenvalue weighted by Crippen LogP contribution is 2.23. The molecular formula is C14H20N6. The monoisotopic (exact) mass is 272 g/mol. The zero-order valence-electron chi connectivity index (χ0n) is 12.1. The molecule has 0 radical (unpaired) electrons. The van der Waals surface area contributed by atoms with E-state index in [9.17, 15) is 0 Å². The molecule has 2 aromatic rings. The Morgan fingerprint density at radius 3 is 2.75 bits per heavy atom. The highest BCUT2D eigenvalue weighted by atomic mass is 15.4. The number of amidine groups is 1.